The molecule has 1 N–H and O–H groups in total. The van der Waals surface area contributed by atoms with Crippen molar-refractivity contribution >= 4 is 0 Å². The molecule has 0 aromatic rings. The highest BCUT2D eigenvalue weighted by atomic mass is 15.2. The van der Waals surface area contributed by atoms with E-state index in [-0.39, 0.29) is 0 Å². The van der Waals surface area contributed by atoms with Crippen LogP contribution in [0, 0.1) is 5.92 Å². The van der Waals surface area contributed by atoms with Gasteiger partial charge in [0.25, 0.3) is 0 Å². The van der Waals surface area contributed by atoms with E-state index in [0.717, 1.165) is 18.0 Å². The quantitative estimate of drug-likeness (QED) is 0.765. The second-order valence-electron chi connectivity index (χ2n) is 6.41. The predicted octanol–water partition coefficient (Wildman–Crippen LogP) is 3.03. The first-order chi connectivity index (χ1) is 8.25. The molecule has 1 aliphatic carbocycles. The SMILES string of the molecule is CC(C)CCN(C[C@@H]1CCCN1)C1CCCC1. The Kier molecular flexibility index (Phi) is 5.30. The third-order valence-corrected chi connectivity index (χ3v) is 4.45. The summed E-state index contributed by atoms with van der Waals surface area (Å²) < 4.78 is 0. The Bertz CT molecular complexity index is 203. The van der Waals surface area contributed by atoms with Gasteiger partial charge in [0, 0.05) is 18.6 Å². The summed E-state index contributed by atoms with van der Waals surface area (Å²) >= 11 is 0. The lowest BCUT2D eigenvalue weighted by Crippen LogP contribution is -2.43. The number of rotatable bonds is 6. The zero-order chi connectivity index (χ0) is 12.1. The van der Waals surface area contributed by atoms with E-state index >= 15 is 0 Å². The molecule has 0 unspecified atom stereocenters. The van der Waals surface area contributed by atoms with Gasteiger partial charge in [0.05, 0.1) is 0 Å². The summed E-state index contributed by atoms with van der Waals surface area (Å²) in [5.74, 6) is 0.843. The zero-order valence-electron chi connectivity index (χ0n) is 11.8. The summed E-state index contributed by atoms with van der Waals surface area (Å²) in [5, 5.41) is 3.66. The van der Waals surface area contributed by atoms with Crippen LogP contribution in [0.15, 0.2) is 0 Å². The fourth-order valence-corrected chi connectivity index (χ4v) is 3.31. The van der Waals surface area contributed by atoms with E-state index in [1.165, 1.54) is 64.6 Å². The number of nitrogens with zero attached hydrogens (tertiary/aromatic N) is 1. The smallest absolute Gasteiger partial charge is 0.0195 e. The van der Waals surface area contributed by atoms with Crippen molar-refractivity contribution in [3.8, 4) is 0 Å². The largest absolute Gasteiger partial charge is 0.313 e. The van der Waals surface area contributed by atoms with Crippen molar-refractivity contribution in [3.05, 3.63) is 0 Å². The summed E-state index contributed by atoms with van der Waals surface area (Å²) in [7, 11) is 0. The maximum absolute atomic E-state index is 3.66. The Morgan fingerprint density at radius 1 is 1.12 bits per heavy atom. The Hall–Kier alpha value is -0.0800. The normalized spacial score (nSPS) is 26.5. The first-order valence-electron chi connectivity index (χ1n) is 7.73. The van der Waals surface area contributed by atoms with Gasteiger partial charge in [-0.15, -0.1) is 0 Å². The second-order valence-corrected chi connectivity index (χ2v) is 6.41. The Morgan fingerprint density at radius 3 is 2.47 bits per heavy atom. The van der Waals surface area contributed by atoms with E-state index in [1.54, 1.807) is 0 Å². The third kappa shape index (κ3) is 4.26. The highest BCUT2D eigenvalue weighted by Crippen LogP contribution is 2.25. The molecule has 17 heavy (non-hydrogen) atoms. The molecule has 0 amide bonds. The summed E-state index contributed by atoms with van der Waals surface area (Å²) in [4.78, 5) is 2.80. The molecule has 1 aliphatic heterocycles. The summed E-state index contributed by atoms with van der Waals surface area (Å²) in [6.07, 6.45) is 9.96. The summed E-state index contributed by atoms with van der Waals surface area (Å²) in [5.41, 5.74) is 0. The van der Waals surface area contributed by atoms with Gasteiger partial charge in [0.15, 0.2) is 0 Å². The molecule has 100 valence electrons. The Labute approximate surface area is 107 Å². The van der Waals surface area contributed by atoms with Gasteiger partial charge in [0.2, 0.25) is 0 Å². The standard InChI is InChI=1S/C15H30N2/c1-13(2)9-11-17(15-7-3-4-8-15)12-14-6-5-10-16-14/h13-16H,3-12H2,1-2H3/t14-/m0/s1. The van der Waals surface area contributed by atoms with Crippen molar-refractivity contribution in [1.82, 2.24) is 10.2 Å². The molecule has 1 saturated carbocycles. The highest BCUT2D eigenvalue weighted by Gasteiger charge is 2.25. The van der Waals surface area contributed by atoms with Gasteiger partial charge >= 0.3 is 0 Å². The summed E-state index contributed by atoms with van der Waals surface area (Å²) in [6, 6.07) is 1.68. The van der Waals surface area contributed by atoms with E-state index in [2.05, 4.69) is 24.1 Å². The van der Waals surface area contributed by atoms with Crippen molar-refractivity contribution in [1.29, 1.82) is 0 Å². The third-order valence-electron chi connectivity index (χ3n) is 4.45. The lowest BCUT2D eigenvalue weighted by Gasteiger charge is -2.31. The molecule has 2 nitrogen and oxygen atoms in total. The molecule has 2 heteroatoms. The van der Waals surface area contributed by atoms with Gasteiger partial charge in [-0.25, -0.2) is 0 Å². The average molecular weight is 238 g/mol. The van der Waals surface area contributed by atoms with Crippen LogP contribution in [0.25, 0.3) is 0 Å². The van der Waals surface area contributed by atoms with Crippen LogP contribution >= 0.6 is 0 Å². The van der Waals surface area contributed by atoms with E-state index in [9.17, 15) is 0 Å². The van der Waals surface area contributed by atoms with Crippen LogP contribution in [0.3, 0.4) is 0 Å². The second kappa shape index (κ2) is 6.75. The molecule has 1 atom stereocenters. The molecule has 2 aliphatic rings. The van der Waals surface area contributed by atoms with E-state index < -0.39 is 0 Å². The van der Waals surface area contributed by atoms with Crippen LogP contribution in [0.5, 0.6) is 0 Å². The van der Waals surface area contributed by atoms with Gasteiger partial charge in [-0.05, 0) is 51.1 Å². The molecule has 2 rings (SSSR count). The highest BCUT2D eigenvalue weighted by molar-refractivity contribution is 4.84. The van der Waals surface area contributed by atoms with Crippen LogP contribution in [-0.4, -0.2) is 36.6 Å². The fourth-order valence-electron chi connectivity index (χ4n) is 3.31. The fraction of sp³-hybridized carbons (Fsp3) is 1.00. The number of hydrogen-bond acceptors (Lipinski definition) is 2. The van der Waals surface area contributed by atoms with Gasteiger partial charge in [-0.3, -0.25) is 4.90 Å². The minimum absolute atomic E-state index is 0.780. The molecule has 0 bridgehead atoms. The molecular weight excluding hydrogens is 208 g/mol. The van der Waals surface area contributed by atoms with Crippen LogP contribution in [0.2, 0.25) is 0 Å². The van der Waals surface area contributed by atoms with Crippen LogP contribution in [0.4, 0.5) is 0 Å². The van der Waals surface area contributed by atoms with Gasteiger partial charge in [0.1, 0.15) is 0 Å². The maximum atomic E-state index is 3.66. The van der Waals surface area contributed by atoms with Gasteiger partial charge < -0.3 is 5.32 Å². The van der Waals surface area contributed by atoms with Gasteiger partial charge in [-0.2, -0.15) is 0 Å². The van der Waals surface area contributed by atoms with Crippen molar-refractivity contribution in [3.63, 3.8) is 0 Å². The number of hydrogen-bond donors (Lipinski definition) is 1. The van der Waals surface area contributed by atoms with Crippen LogP contribution in [-0.2, 0) is 0 Å². The molecule has 0 spiro atoms. The predicted molar refractivity (Wildman–Crippen MR) is 74.3 cm³/mol. The molecule has 0 aromatic heterocycles. The monoisotopic (exact) mass is 238 g/mol. The lowest BCUT2D eigenvalue weighted by molar-refractivity contribution is 0.172. The minimum atomic E-state index is 0.780. The molecular formula is C15H30N2. The first kappa shape index (κ1) is 13.4. The molecule has 2 fully saturated rings. The topological polar surface area (TPSA) is 15.3 Å². The number of nitrogens with one attached hydrogen (secondary N) is 1. The van der Waals surface area contributed by atoms with Crippen molar-refractivity contribution < 1.29 is 0 Å². The van der Waals surface area contributed by atoms with E-state index in [0.29, 0.717) is 0 Å². The van der Waals surface area contributed by atoms with Gasteiger partial charge in [-0.1, -0.05) is 26.7 Å². The lowest BCUT2D eigenvalue weighted by atomic mass is 10.1. The van der Waals surface area contributed by atoms with E-state index in [1.807, 2.05) is 0 Å². The molecule has 0 radical (unpaired) electrons. The maximum Gasteiger partial charge on any atom is 0.0195 e. The minimum Gasteiger partial charge on any atom is -0.313 e. The van der Waals surface area contributed by atoms with Crippen LogP contribution in [0.1, 0.15) is 58.8 Å². The zero-order valence-corrected chi connectivity index (χ0v) is 11.8. The average Bonchev–Trinajstić information content (AvgIpc) is 2.96. The molecule has 1 saturated heterocycles. The van der Waals surface area contributed by atoms with Crippen LogP contribution < -0.4 is 5.32 Å². The van der Waals surface area contributed by atoms with Crippen molar-refractivity contribution in [2.45, 2.75) is 70.9 Å². The van der Waals surface area contributed by atoms with E-state index in [4.69, 9.17) is 0 Å². The molecule has 0 aromatic carbocycles. The Morgan fingerprint density at radius 2 is 1.88 bits per heavy atom. The Balaban J connectivity index is 1.81. The van der Waals surface area contributed by atoms with Crippen molar-refractivity contribution in [2.24, 2.45) is 5.92 Å². The molecule has 1 heterocycles. The summed E-state index contributed by atoms with van der Waals surface area (Å²) in [6.45, 7) is 8.56. The van der Waals surface area contributed by atoms with Crippen molar-refractivity contribution in [2.75, 3.05) is 19.6 Å². The first-order valence-corrected chi connectivity index (χ1v) is 7.73.